The third-order valence-corrected chi connectivity index (χ3v) is 4.27. The van der Waals surface area contributed by atoms with E-state index in [9.17, 15) is 14.0 Å². The normalized spacial score (nSPS) is 10.5. The summed E-state index contributed by atoms with van der Waals surface area (Å²) in [6, 6.07) is 5.84. The number of carbonyl (C=O) groups excluding carboxylic acids is 2. The summed E-state index contributed by atoms with van der Waals surface area (Å²) < 4.78 is 23.6. The van der Waals surface area contributed by atoms with E-state index < -0.39 is 17.7 Å². The molecule has 0 saturated carbocycles. The quantitative estimate of drug-likeness (QED) is 0.531. The molecule has 0 aliphatic rings. The number of ether oxygens (including phenoxy) is 2. The van der Waals surface area contributed by atoms with Crippen LogP contribution in [-0.2, 0) is 16.0 Å². The first-order valence-electron chi connectivity index (χ1n) is 7.62. The standard InChI is InChI=1S/C17H19FN2O4S/c1-23-9-5-8-20(16(21)12-6-3-4-7-13(12)18)10-15-19-14(11-25-15)17(22)24-2/h3-4,6-7,11H,5,8-10H2,1-2H3. The monoisotopic (exact) mass is 366 g/mol. The maximum Gasteiger partial charge on any atom is 0.357 e. The lowest BCUT2D eigenvalue weighted by Gasteiger charge is -2.22. The number of rotatable bonds is 8. The summed E-state index contributed by atoms with van der Waals surface area (Å²) in [4.78, 5) is 29.9. The number of nitrogens with zero attached hydrogens (tertiary/aromatic N) is 2. The van der Waals surface area contributed by atoms with Gasteiger partial charge in [-0.05, 0) is 18.6 Å². The summed E-state index contributed by atoms with van der Waals surface area (Å²) in [6.07, 6.45) is 0.603. The van der Waals surface area contributed by atoms with Crippen LogP contribution >= 0.6 is 11.3 Å². The lowest BCUT2D eigenvalue weighted by molar-refractivity contribution is 0.0594. The van der Waals surface area contributed by atoms with Gasteiger partial charge in [0.2, 0.25) is 0 Å². The molecule has 1 aromatic carbocycles. The predicted octanol–water partition coefficient (Wildman–Crippen LogP) is 2.75. The van der Waals surface area contributed by atoms with Crippen LogP contribution in [0.3, 0.4) is 0 Å². The molecule has 25 heavy (non-hydrogen) atoms. The zero-order valence-electron chi connectivity index (χ0n) is 14.0. The van der Waals surface area contributed by atoms with Crippen LogP contribution in [0.1, 0.15) is 32.3 Å². The van der Waals surface area contributed by atoms with Crippen LogP contribution in [0.15, 0.2) is 29.6 Å². The van der Waals surface area contributed by atoms with Gasteiger partial charge in [-0.2, -0.15) is 0 Å². The molecule has 2 rings (SSSR count). The van der Waals surface area contributed by atoms with Gasteiger partial charge in [0.1, 0.15) is 10.8 Å². The summed E-state index contributed by atoms with van der Waals surface area (Å²) in [5.74, 6) is -1.53. The Labute approximate surface area is 149 Å². The van der Waals surface area contributed by atoms with E-state index in [1.54, 1.807) is 18.6 Å². The summed E-state index contributed by atoms with van der Waals surface area (Å²) in [5, 5.41) is 2.14. The second kappa shape index (κ2) is 9.24. The van der Waals surface area contributed by atoms with Gasteiger partial charge in [-0.15, -0.1) is 11.3 Å². The zero-order valence-corrected chi connectivity index (χ0v) is 14.8. The molecule has 0 unspecified atom stereocenters. The Morgan fingerprint density at radius 1 is 1.28 bits per heavy atom. The number of thiazole rings is 1. The second-order valence-corrected chi connectivity index (χ2v) is 6.11. The van der Waals surface area contributed by atoms with E-state index in [0.29, 0.717) is 24.6 Å². The van der Waals surface area contributed by atoms with Gasteiger partial charge < -0.3 is 14.4 Å². The van der Waals surface area contributed by atoms with Crippen molar-refractivity contribution in [1.29, 1.82) is 0 Å². The first-order valence-corrected chi connectivity index (χ1v) is 8.50. The van der Waals surface area contributed by atoms with E-state index in [1.807, 2.05) is 0 Å². The van der Waals surface area contributed by atoms with E-state index in [2.05, 4.69) is 9.72 Å². The third-order valence-electron chi connectivity index (χ3n) is 3.44. The minimum Gasteiger partial charge on any atom is -0.464 e. The summed E-state index contributed by atoms with van der Waals surface area (Å²) in [7, 11) is 2.85. The van der Waals surface area contributed by atoms with Gasteiger partial charge in [0.25, 0.3) is 5.91 Å². The first kappa shape index (κ1) is 19.0. The van der Waals surface area contributed by atoms with Gasteiger partial charge in [-0.25, -0.2) is 14.2 Å². The minimum atomic E-state index is -0.571. The highest BCUT2D eigenvalue weighted by atomic mass is 32.1. The number of carbonyl (C=O) groups is 2. The Kier molecular flexibility index (Phi) is 7.03. The van der Waals surface area contributed by atoms with Gasteiger partial charge in [0.05, 0.1) is 19.2 Å². The fraction of sp³-hybridized carbons (Fsp3) is 0.353. The van der Waals surface area contributed by atoms with Crippen LogP contribution in [0.5, 0.6) is 0 Å². The molecule has 0 saturated heterocycles. The van der Waals surface area contributed by atoms with E-state index in [1.165, 1.54) is 41.5 Å². The number of aromatic nitrogens is 1. The van der Waals surface area contributed by atoms with Crippen molar-refractivity contribution in [2.45, 2.75) is 13.0 Å². The van der Waals surface area contributed by atoms with Crippen molar-refractivity contribution >= 4 is 23.2 Å². The summed E-state index contributed by atoms with van der Waals surface area (Å²) >= 11 is 1.25. The highest BCUT2D eigenvalue weighted by molar-refractivity contribution is 7.09. The Hall–Kier alpha value is -2.32. The van der Waals surface area contributed by atoms with Crippen molar-refractivity contribution in [3.63, 3.8) is 0 Å². The molecule has 2 aromatic rings. The van der Waals surface area contributed by atoms with Crippen LogP contribution < -0.4 is 0 Å². The van der Waals surface area contributed by atoms with Gasteiger partial charge in [-0.1, -0.05) is 12.1 Å². The van der Waals surface area contributed by atoms with Crippen LogP contribution in [0.25, 0.3) is 0 Å². The van der Waals surface area contributed by atoms with Crippen molar-refractivity contribution in [2.24, 2.45) is 0 Å². The molecule has 1 heterocycles. The molecule has 0 spiro atoms. The fourth-order valence-corrected chi connectivity index (χ4v) is 2.98. The Morgan fingerprint density at radius 2 is 2.04 bits per heavy atom. The maximum atomic E-state index is 13.9. The van der Waals surface area contributed by atoms with Gasteiger partial charge >= 0.3 is 5.97 Å². The van der Waals surface area contributed by atoms with Crippen molar-refractivity contribution in [2.75, 3.05) is 27.4 Å². The number of esters is 1. The second-order valence-electron chi connectivity index (χ2n) is 5.17. The highest BCUT2D eigenvalue weighted by Crippen LogP contribution is 2.17. The SMILES string of the molecule is COCCCN(Cc1nc(C(=O)OC)cs1)C(=O)c1ccccc1F. The topological polar surface area (TPSA) is 68.7 Å². The number of methoxy groups -OCH3 is 2. The van der Waals surface area contributed by atoms with Crippen LogP contribution in [-0.4, -0.2) is 49.1 Å². The molecule has 0 bridgehead atoms. The number of halogens is 1. The van der Waals surface area contributed by atoms with Crippen molar-refractivity contribution in [3.05, 3.63) is 51.7 Å². The zero-order chi connectivity index (χ0) is 18.2. The molecule has 8 heteroatoms. The minimum absolute atomic E-state index is 0.00432. The summed E-state index contributed by atoms with van der Waals surface area (Å²) in [5.41, 5.74) is 0.197. The number of hydrogen-bond acceptors (Lipinski definition) is 6. The van der Waals surface area contributed by atoms with E-state index in [-0.39, 0.29) is 17.8 Å². The lowest BCUT2D eigenvalue weighted by atomic mass is 10.2. The first-order chi connectivity index (χ1) is 12.1. The van der Waals surface area contributed by atoms with Crippen LogP contribution in [0.4, 0.5) is 4.39 Å². The van der Waals surface area contributed by atoms with E-state index in [0.717, 1.165) is 0 Å². The molecule has 134 valence electrons. The van der Waals surface area contributed by atoms with Crippen molar-refractivity contribution in [3.8, 4) is 0 Å². The predicted molar refractivity (Wildman–Crippen MR) is 91.1 cm³/mol. The molecule has 1 amide bonds. The van der Waals surface area contributed by atoms with Crippen LogP contribution in [0.2, 0.25) is 0 Å². The smallest absolute Gasteiger partial charge is 0.357 e. The molecule has 0 N–H and O–H groups in total. The molecule has 0 fully saturated rings. The van der Waals surface area contributed by atoms with Crippen LogP contribution in [0, 0.1) is 5.82 Å². The number of hydrogen-bond donors (Lipinski definition) is 0. The fourth-order valence-electron chi connectivity index (χ4n) is 2.20. The largest absolute Gasteiger partial charge is 0.464 e. The molecule has 0 aliphatic heterocycles. The molecule has 0 aliphatic carbocycles. The Bertz CT molecular complexity index is 735. The lowest BCUT2D eigenvalue weighted by Crippen LogP contribution is -2.32. The molecule has 6 nitrogen and oxygen atoms in total. The number of amides is 1. The maximum absolute atomic E-state index is 13.9. The van der Waals surface area contributed by atoms with Crippen molar-refractivity contribution < 1.29 is 23.5 Å². The van der Waals surface area contributed by atoms with Gasteiger partial charge in [0, 0.05) is 25.6 Å². The third kappa shape index (κ3) is 5.07. The number of benzene rings is 1. The van der Waals surface area contributed by atoms with Gasteiger partial charge in [0.15, 0.2) is 5.69 Å². The van der Waals surface area contributed by atoms with Crippen molar-refractivity contribution in [1.82, 2.24) is 9.88 Å². The Morgan fingerprint density at radius 3 is 2.72 bits per heavy atom. The van der Waals surface area contributed by atoms with E-state index in [4.69, 9.17) is 4.74 Å². The summed E-state index contributed by atoms with van der Waals surface area (Å²) in [6.45, 7) is 1.04. The van der Waals surface area contributed by atoms with E-state index >= 15 is 0 Å². The molecule has 1 aromatic heterocycles. The molecular formula is C17H19FN2O4S. The van der Waals surface area contributed by atoms with Gasteiger partial charge in [-0.3, -0.25) is 4.79 Å². The average Bonchev–Trinajstić information content (AvgIpc) is 3.09. The molecule has 0 radical (unpaired) electrons. The molecule has 0 atom stereocenters. The Balaban J connectivity index is 2.17. The highest BCUT2D eigenvalue weighted by Gasteiger charge is 2.21. The average molecular weight is 366 g/mol. The molecular weight excluding hydrogens is 347 g/mol.